The summed E-state index contributed by atoms with van der Waals surface area (Å²) in [7, 11) is 0. The van der Waals surface area contributed by atoms with Gasteiger partial charge in [0.05, 0.1) is 11.6 Å². The fourth-order valence-corrected chi connectivity index (χ4v) is 5.28. The summed E-state index contributed by atoms with van der Waals surface area (Å²) in [6.07, 6.45) is 0. The second kappa shape index (κ2) is 11.6. The summed E-state index contributed by atoms with van der Waals surface area (Å²) in [4.78, 5) is 11.3. The van der Waals surface area contributed by atoms with Crippen molar-refractivity contribution in [2.75, 3.05) is 6.54 Å². The van der Waals surface area contributed by atoms with Crippen LogP contribution < -0.4 is 4.74 Å². The van der Waals surface area contributed by atoms with Crippen molar-refractivity contribution in [2.24, 2.45) is 0 Å². The van der Waals surface area contributed by atoms with Crippen molar-refractivity contribution in [3.05, 3.63) is 109 Å². The molecule has 0 aliphatic heterocycles. The van der Waals surface area contributed by atoms with E-state index in [0.717, 1.165) is 15.7 Å². The van der Waals surface area contributed by atoms with E-state index >= 15 is 0 Å². The highest BCUT2D eigenvalue weighted by atomic mass is 79.9. The standard InChI is InChI=1S/C25H19BrClN5O3S/c1-16-29-30-25(32(16)21-9-7-20(27)8-10-21)36-24(14-31(33)34)22-12-19(26)6-11-23(22)35-15-18-5-3-2-4-17(18)13-28/h2-12,24H,14-15H2,1H3/t24-/m0/s1. The molecule has 0 N–H and O–H groups in total. The van der Waals surface area contributed by atoms with Crippen LogP contribution in [-0.4, -0.2) is 26.2 Å². The lowest BCUT2D eigenvalue weighted by molar-refractivity contribution is -0.479. The molecule has 0 amide bonds. The lowest BCUT2D eigenvalue weighted by Gasteiger charge is -2.18. The summed E-state index contributed by atoms with van der Waals surface area (Å²) in [5.74, 6) is 1.12. The van der Waals surface area contributed by atoms with Crippen molar-refractivity contribution < 1.29 is 9.66 Å². The van der Waals surface area contributed by atoms with Gasteiger partial charge >= 0.3 is 0 Å². The van der Waals surface area contributed by atoms with Crippen LogP contribution in [0.1, 0.15) is 27.8 Å². The molecule has 1 atom stereocenters. The first-order valence-corrected chi connectivity index (χ1v) is 12.8. The maximum atomic E-state index is 11.7. The number of nitrogens with zero attached hydrogens (tertiary/aromatic N) is 5. The minimum Gasteiger partial charge on any atom is -0.489 e. The van der Waals surface area contributed by atoms with E-state index in [9.17, 15) is 15.4 Å². The van der Waals surface area contributed by atoms with Crippen LogP contribution in [-0.2, 0) is 6.61 Å². The van der Waals surface area contributed by atoms with Gasteiger partial charge < -0.3 is 4.74 Å². The minimum atomic E-state index is -0.631. The molecule has 0 spiro atoms. The zero-order valence-corrected chi connectivity index (χ0v) is 22.1. The third-order valence-corrected chi connectivity index (χ3v) is 7.19. The normalized spacial score (nSPS) is 11.6. The average Bonchev–Trinajstić information content (AvgIpc) is 3.23. The average molecular weight is 585 g/mol. The number of halogens is 2. The SMILES string of the molecule is Cc1nnc(S[C@@H](C[N+](=O)[O-])c2cc(Br)ccc2OCc2ccccc2C#N)n1-c1ccc(Cl)cc1. The van der Waals surface area contributed by atoms with Crippen molar-refractivity contribution in [1.29, 1.82) is 5.26 Å². The molecule has 0 bridgehead atoms. The van der Waals surface area contributed by atoms with E-state index in [1.165, 1.54) is 11.8 Å². The maximum Gasteiger partial charge on any atom is 0.220 e. The molecule has 36 heavy (non-hydrogen) atoms. The van der Waals surface area contributed by atoms with Crippen LogP contribution in [0.5, 0.6) is 5.75 Å². The second-order valence-electron chi connectivity index (χ2n) is 7.70. The van der Waals surface area contributed by atoms with E-state index in [2.05, 4.69) is 32.2 Å². The topological polar surface area (TPSA) is 107 Å². The van der Waals surface area contributed by atoms with E-state index in [-0.39, 0.29) is 18.1 Å². The predicted molar refractivity (Wildman–Crippen MR) is 141 cm³/mol. The van der Waals surface area contributed by atoms with Crippen LogP contribution in [0.15, 0.2) is 76.4 Å². The van der Waals surface area contributed by atoms with Crippen LogP contribution in [0.4, 0.5) is 0 Å². The van der Waals surface area contributed by atoms with Gasteiger partial charge in [-0.05, 0) is 55.5 Å². The Morgan fingerprint density at radius 1 is 1.19 bits per heavy atom. The monoisotopic (exact) mass is 583 g/mol. The Morgan fingerprint density at radius 3 is 2.67 bits per heavy atom. The van der Waals surface area contributed by atoms with Gasteiger partial charge in [-0.2, -0.15) is 5.26 Å². The van der Waals surface area contributed by atoms with Crippen LogP contribution >= 0.6 is 39.3 Å². The smallest absolute Gasteiger partial charge is 0.220 e. The van der Waals surface area contributed by atoms with Crippen LogP contribution in [0.2, 0.25) is 5.02 Å². The zero-order chi connectivity index (χ0) is 25.7. The summed E-state index contributed by atoms with van der Waals surface area (Å²) in [5.41, 5.74) is 2.66. The Hall–Kier alpha value is -3.39. The molecule has 0 aliphatic rings. The van der Waals surface area contributed by atoms with Crippen LogP contribution in [0.3, 0.4) is 0 Å². The van der Waals surface area contributed by atoms with Gasteiger partial charge in [0.2, 0.25) is 6.54 Å². The molecule has 3 aromatic carbocycles. The van der Waals surface area contributed by atoms with Gasteiger partial charge in [0.25, 0.3) is 0 Å². The van der Waals surface area contributed by atoms with Crippen molar-refractivity contribution in [3.8, 4) is 17.5 Å². The molecule has 11 heteroatoms. The number of aryl methyl sites for hydroxylation is 1. The van der Waals surface area contributed by atoms with Gasteiger partial charge in [0.1, 0.15) is 23.4 Å². The van der Waals surface area contributed by atoms with Crippen LogP contribution in [0.25, 0.3) is 5.69 Å². The third-order valence-electron chi connectivity index (χ3n) is 5.28. The molecule has 1 heterocycles. The molecule has 0 aliphatic carbocycles. The number of nitro groups is 1. The number of hydrogen-bond acceptors (Lipinski definition) is 7. The molecule has 8 nitrogen and oxygen atoms in total. The Morgan fingerprint density at radius 2 is 1.94 bits per heavy atom. The Kier molecular flexibility index (Phi) is 8.25. The molecule has 0 radical (unpaired) electrons. The summed E-state index contributed by atoms with van der Waals surface area (Å²) in [5, 5.41) is 30.0. The molecule has 0 unspecified atom stereocenters. The molecular formula is C25H19BrClN5O3S. The molecule has 4 rings (SSSR count). The molecule has 182 valence electrons. The van der Waals surface area contributed by atoms with Gasteiger partial charge in [-0.25, -0.2) is 0 Å². The summed E-state index contributed by atoms with van der Waals surface area (Å²) >= 11 is 10.7. The summed E-state index contributed by atoms with van der Waals surface area (Å²) in [6, 6.07) is 21.9. The number of aromatic nitrogens is 3. The number of hydrogen-bond donors (Lipinski definition) is 0. The quantitative estimate of drug-likeness (QED) is 0.125. The predicted octanol–water partition coefficient (Wildman–Crippen LogP) is 6.55. The van der Waals surface area contributed by atoms with Crippen molar-refractivity contribution >= 4 is 39.3 Å². The second-order valence-corrected chi connectivity index (χ2v) is 10.2. The Labute approximate surface area is 225 Å². The maximum absolute atomic E-state index is 11.7. The summed E-state index contributed by atoms with van der Waals surface area (Å²) in [6.45, 7) is 1.60. The van der Waals surface area contributed by atoms with Crippen LogP contribution in [0, 0.1) is 28.4 Å². The van der Waals surface area contributed by atoms with Crippen molar-refractivity contribution in [1.82, 2.24) is 14.8 Å². The highest BCUT2D eigenvalue weighted by molar-refractivity contribution is 9.10. The number of ether oxygens (including phenoxy) is 1. The van der Waals surface area contributed by atoms with E-state index in [4.69, 9.17) is 16.3 Å². The Bertz CT molecular complexity index is 1440. The molecule has 4 aromatic rings. The highest BCUT2D eigenvalue weighted by Gasteiger charge is 2.27. The fraction of sp³-hybridized carbons (Fsp3) is 0.160. The van der Waals surface area contributed by atoms with E-state index in [0.29, 0.717) is 32.9 Å². The molecule has 0 saturated carbocycles. The fourth-order valence-electron chi connectivity index (χ4n) is 3.58. The summed E-state index contributed by atoms with van der Waals surface area (Å²) < 4.78 is 8.67. The molecule has 0 saturated heterocycles. The molecular weight excluding hydrogens is 566 g/mol. The number of nitriles is 1. The largest absolute Gasteiger partial charge is 0.489 e. The first kappa shape index (κ1) is 25.7. The highest BCUT2D eigenvalue weighted by Crippen LogP contribution is 2.41. The first-order valence-electron chi connectivity index (χ1n) is 10.7. The molecule has 0 fully saturated rings. The van der Waals surface area contributed by atoms with E-state index in [1.54, 1.807) is 30.3 Å². The lowest BCUT2D eigenvalue weighted by Crippen LogP contribution is -2.13. The number of rotatable bonds is 9. The van der Waals surface area contributed by atoms with Crippen molar-refractivity contribution in [3.63, 3.8) is 0 Å². The Balaban J connectivity index is 1.69. The van der Waals surface area contributed by atoms with Gasteiger partial charge in [-0.15, -0.1) is 10.2 Å². The van der Waals surface area contributed by atoms with Gasteiger partial charge in [0, 0.05) is 31.2 Å². The van der Waals surface area contributed by atoms with Gasteiger partial charge in [-0.1, -0.05) is 57.5 Å². The number of thioether (sulfide) groups is 1. The lowest BCUT2D eigenvalue weighted by atomic mass is 10.1. The minimum absolute atomic E-state index is 0.147. The molecule has 1 aromatic heterocycles. The van der Waals surface area contributed by atoms with Gasteiger partial charge in [0.15, 0.2) is 5.16 Å². The van der Waals surface area contributed by atoms with E-state index < -0.39 is 5.25 Å². The van der Waals surface area contributed by atoms with E-state index in [1.807, 2.05) is 47.9 Å². The number of benzene rings is 3. The van der Waals surface area contributed by atoms with Crippen molar-refractivity contribution in [2.45, 2.75) is 23.9 Å². The zero-order valence-electron chi connectivity index (χ0n) is 19.0. The third kappa shape index (κ3) is 6.05. The first-order chi connectivity index (χ1) is 17.4. The van der Waals surface area contributed by atoms with Gasteiger partial charge in [-0.3, -0.25) is 14.7 Å².